The molecule has 0 saturated heterocycles. The second-order valence-electron chi connectivity index (χ2n) is 3.94. The summed E-state index contributed by atoms with van der Waals surface area (Å²) in [6, 6.07) is 1.90. The molecule has 1 amide bonds. The van der Waals surface area contributed by atoms with Crippen LogP contribution in [0.2, 0.25) is 0 Å². The summed E-state index contributed by atoms with van der Waals surface area (Å²) in [6.07, 6.45) is 0. The van der Waals surface area contributed by atoms with Crippen molar-refractivity contribution in [2.75, 3.05) is 32.0 Å². The third kappa shape index (κ3) is 3.89. The predicted molar refractivity (Wildman–Crippen MR) is 68.8 cm³/mol. The molecule has 1 aromatic rings. The highest BCUT2D eigenvalue weighted by atomic mass is 19.1. The van der Waals surface area contributed by atoms with Gasteiger partial charge in [-0.3, -0.25) is 4.79 Å². The van der Waals surface area contributed by atoms with Gasteiger partial charge in [0.25, 0.3) is 5.91 Å². The number of rotatable bonds is 6. The van der Waals surface area contributed by atoms with Crippen LogP contribution >= 0.6 is 0 Å². The molecule has 0 fully saturated rings. The molecule has 0 radical (unpaired) electrons. The van der Waals surface area contributed by atoms with E-state index in [1.54, 1.807) is 6.92 Å². The highest BCUT2D eigenvalue weighted by Crippen LogP contribution is 2.18. The molecule has 0 bridgehead atoms. The Balaban J connectivity index is 2.85. The zero-order valence-corrected chi connectivity index (χ0v) is 11.1. The molecule has 0 spiro atoms. The fourth-order valence-electron chi connectivity index (χ4n) is 1.61. The number of hydrogen-bond donors (Lipinski definition) is 1. The largest absolute Gasteiger partial charge is 0.394 e. The molecule has 0 atom stereocenters. The molecule has 2 N–H and O–H groups in total. The van der Waals surface area contributed by atoms with Crippen LogP contribution in [0.15, 0.2) is 12.1 Å². The Labute approximate surface area is 111 Å². The van der Waals surface area contributed by atoms with Crippen LogP contribution in [-0.2, 0) is 4.74 Å². The fraction of sp³-hybridized carbons (Fsp3) is 0.462. The minimum atomic E-state index is -0.927. The number of amides is 1. The van der Waals surface area contributed by atoms with Gasteiger partial charge < -0.3 is 15.4 Å². The SMILES string of the molecule is CCOCCN(CC)C(=O)c1cc(F)c(N)c(F)c1. The lowest BCUT2D eigenvalue weighted by Gasteiger charge is -2.21. The van der Waals surface area contributed by atoms with Gasteiger partial charge in [0.1, 0.15) is 17.3 Å². The lowest BCUT2D eigenvalue weighted by atomic mass is 10.1. The van der Waals surface area contributed by atoms with E-state index in [0.29, 0.717) is 26.3 Å². The van der Waals surface area contributed by atoms with E-state index in [9.17, 15) is 13.6 Å². The fourth-order valence-corrected chi connectivity index (χ4v) is 1.61. The molecule has 0 aliphatic carbocycles. The molecular weight excluding hydrogens is 254 g/mol. The number of ether oxygens (including phenoxy) is 1. The first-order valence-electron chi connectivity index (χ1n) is 6.12. The Bertz CT molecular complexity index is 429. The summed E-state index contributed by atoms with van der Waals surface area (Å²) in [7, 11) is 0. The molecule has 4 nitrogen and oxygen atoms in total. The van der Waals surface area contributed by atoms with Crippen molar-refractivity contribution in [3.8, 4) is 0 Å². The molecule has 19 heavy (non-hydrogen) atoms. The minimum absolute atomic E-state index is 0.0532. The first kappa shape index (κ1) is 15.4. The van der Waals surface area contributed by atoms with E-state index in [1.165, 1.54) is 4.90 Å². The van der Waals surface area contributed by atoms with Crippen molar-refractivity contribution in [1.29, 1.82) is 0 Å². The summed E-state index contributed by atoms with van der Waals surface area (Å²) < 4.78 is 31.8. The quantitative estimate of drug-likeness (QED) is 0.637. The van der Waals surface area contributed by atoms with Crippen LogP contribution in [0.4, 0.5) is 14.5 Å². The third-order valence-corrected chi connectivity index (χ3v) is 2.70. The lowest BCUT2D eigenvalue weighted by Crippen LogP contribution is -2.34. The van der Waals surface area contributed by atoms with Crippen molar-refractivity contribution < 1.29 is 18.3 Å². The van der Waals surface area contributed by atoms with Crippen molar-refractivity contribution in [2.24, 2.45) is 0 Å². The van der Waals surface area contributed by atoms with Crippen molar-refractivity contribution in [1.82, 2.24) is 4.90 Å². The molecule has 0 unspecified atom stereocenters. The summed E-state index contributed by atoms with van der Waals surface area (Å²) in [5, 5.41) is 0. The van der Waals surface area contributed by atoms with E-state index >= 15 is 0 Å². The Kier molecular flexibility index (Phi) is 5.69. The summed E-state index contributed by atoms with van der Waals surface area (Å²) >= 11 is 0. The molecule has 0 aromatic heterocycles. The molecule has 0 aliphatic rings. The van der Waals surface area contributed by atoms with Gasteiger partial charge in [-0.15, -0.1) is 0 Å². The van der Waals surface area contributed by atoms with E-state index in [4.69, 9.17) is 10.5 Å². The maximum atomic E-state index is 13.3. The van der Waals surface area contributed by atoms with Crippen molar-refractivity contribution in [2.45, 2.75) is 13.8 Å². The normalized spacial score (nSPS) is 10.5. The van der Waals surface area contributed by atoms with Crippen LogP contribution in [0, 0.1) is 11.6 Å². The number of nitrogen functional groups attached to an aromatic ring is 1. The Morgan fingerprint density at radius 2 is 1.89 bits per heavy atom. The van der Waals surface area contributed by atoms with Crippen molar-refractivity contribution >= 4 is 11.6 Å². The zero-order valence-electron chi connectivity index (χ0n) is 11.1. The smallest absolute Gasteiger partial charge is 0.254 e. The molecule has 6 heteroatoms. The van der Waals surface area contributed by atoms with Gasteiger partial charge in [-0.05, 0) is 26.0 Å². The first-order chi connectivity index (χ1) is 9.01. The van der Waals surface area contributed by atoms with Crippen molar-refractivity contribution in [3.63, 3.8) is 0 Å². The average molecular weight is 272 g/mol. The zero-order chi connectivity index (χ0) is 14.4. The maximum Gasteiger partial charge on any atom is 0.254 e. The monoisotopic (exact) mass is 272 g/mol. The number of hydrogen-bond acceptors (Lipinski definition) is 3. The number of nitrogens with zero attached hydrogens (tertiary/aromatic N) is 1. The number of halogens is 2. The number of benzene rings is 1. The highest BCUT2D eigenvalue weighted by Gasteiger charge is 2.17. The van der Waals surface area contributed by atoms with Crippen LogP contribution in [0.5, 0.6) is 0 Å². The molecule has 1 aromatic carbocycles. The Hall–Kier alpha value is -1.69. The number of carbonyl (C=O) groups excluding carboxylic acids is 1. The van der Waals surface area contributed by atoms with Gasteiger partial charge in [0.15, 0.2) is 0 Å². The van der Waals surface area contributed by atoms with Gasteiger partial charge >= 0.3 is 0 Å². The first-order valence-corrected chi connectivity index (χ1v) is 6.12. The van der Waals surface area contributed by atoms with Gasteiger partial charge in [-0.1, -0.05) is 0 Å². The Morgan fingerprint density at radius 3 is 2.37 bits per heavy atom. The molecule has 1 rings (SSSR count). The van der Waals surface area contributed by atoms with Crippen LogP contribution in [0.25, 0.3) is 0 Å². The minimum Gasteiger partial charge on any atom is -0.394 e. The van der Waals surface area contributed by atoms with Gasteiger partial charge in [-0.25, -0.2) is 8.78 Å². The summed E-state index contributed by atoms with van der Waals surface area (Å²) in [6.45, 7) is 5.37. The van der Waals surface area contributed by atoms with Crippen molar-refractivity contribution in [3.05, 3.63) is 29.3 Å². The second-order valence-corrected chi connectivity index (χ2v) is 3.94. The standard InChI is InChI=1S/C13H18F2N2O2/c1-3-17(5-6-19-4-2)13(18)9-7-10(14)12(16)11(15)8-9/h7-8H,3-6,16H2,1-2H3. The van der Waals surface area contributed by atoms with E-state index in [2.05, 4.69) is 0 Å². The van der Waals surface area contributed by atoms with Crippen LogP contribution < -0.4 is 5.73 Å². The van der Waals surface area contributed by atoms with Crippen LogP contribution in [-0.4, -0.2) is 37.1 Å². The molecule has 0 heterocycles. The van der Waals surface area contributed by atoms with E-state index < -0.39 is 23.2 Å². The Morgan fingerprint density at radius 1 is 1.32 bits per heavy atom. The molecule has 0 saturated carbocycles. The van der Waals surface area contributed by atoms with Crippen LogP contribution in [0.1, 0.15) is 24.2 Å². The van der Waals surface area contributed by atoms with Gasteiger partial charge in [0, 0.05) is 25.3 Å². The van der Waals surface area contributed by atoms with E-state index in [-0.39, 0.29) is 5.56 Å². The molecule has 106 valence electrons. The predicted octanol–water partition coefficient (Wildman–Crippen LogP) is 2.05. The maximum absolute atomic E-state index is 13.3. The molecular formula is C13H18F2N2O2. The molecule has 0 aliphatic heterocycles. The van der Waals surface area contributed by atoms with Gasteiger partial charge in [0.2, 0.25) is 0 Å². The topological polar surface area (TPSA) is 55.6 Å². The number of anilines is 1. The van der Waals surface area contributed by atoms with Crippen LogP contribution in [0.3, 0.4) is 0 Å². The summed E-state index contributed by atoms with van der Waals surface area (Å²) in [5.74, 6) is -2.30. The average Bonchev–Trinajstić information content (AvgIpc) is 2.40. The lowest BCUT2D eigenvalue weighted by molar-refractivity contribution is 0.0668. The number of carbonyl (C=O) groups is 1. The second kappa shape index (κ2) is 7.04. The van der Waals surface area contributed by atoms with E-state index in [0.717, 1.165) is 12.1 Å². The number of likely N-dealkylation sites (N-methyl/N-ethyl adjacent to an activating group) is 1. The summed E-state index contributed by atoms with van der Waals surface area (Å²) in [4.78, 5) is 13.5. The third-order valence-electron chi connectivity index (χ3n) is 2.70. The summed E-state index contributed by atoms with van der Waals surface area (Å²) in [5.41, 5.74) is 4.53. The number of nitrogens with two attached hydrogens (primary N) is 1. The van der Waals surface area contributed by atoms with E-state index in [1.807, 2.05) is 6.92 Å². The van der Waals surface area contributed by atoms with Gasteiger partial charge in [-0.2, -0.15) is 0 Å². The highest BCUT2D eigenvalue weighted by molar-refractivity contribution is 5.94. The van der Waals surface area contributed by atoms with Gasteiger partial charge in [0.05, 0.1) is 6.61 Å².